The molecule has 0 saturated heterocycles. The summed E-state index contributed by atoms with van der Waals surface area (Å²) < 4.78 is 29.9. The van der Waals surface area contributed by atoms with Crippen molar-refractivity contribution in [2.24, 2.45) is 11.8 Å². The lowest BCUT2D eigenvalue weighted by molar-refractivity contribution is 0.620. The second-order valence-electron chi connectivity index (χ2n) is 11.8. The Kier molecular flexibility index (Phi) is 7.48. The van der Waals surface area contributed by atoms with Crippen molar-refractivity contribution in [2.75, 3.05) is 0 Å². The van der Waals surface area contributed by atoms with Crippen LogP contribution >= 0.6 is 0 Å². The van der Waals surface area contributed by atoms with Gasteiger partial charge in [0.05, 0.1) is 0 Å². The van der Waals surface area contributed by atoms with Crippen LogP contribution in [0.1, 0.15) is 31.2 Å². The molecule has 45 heavy (non-hydrogen) atoms. The molecule has 2 aliphatic carbocycles. The summed E-state index contributed by atoms with van der Waals surface area (Å²) in [4.78, 5) is 43.3. The van der Waals surface area contributed by atoms with Gasteiger partial charge in [-0.3, -0.25) is 18.7 Å². The average Bonchev–Trinajstić information content (AvgIpc) is 3.98. The van der Waals surface area contributed by atoms with E-state index in [4.69, 9.17) is 0 Å². The maximum absolute atomic E-state index is 13.4. The fourth-order valence-corrected chi connectivity index (χ4v) is 5.47. The van der Waals surface area contributed by atoms with Crippen molar-refractivity contribution in [1.82, 2.24) is 29.1 Å². The van der Waals surface area contributed by atoms with E-state index in [2.05, 4.69) is 19.9 Å². The number of aromatic nitrogens is 6. The molecule has 2 saturated carbocycles. The lowest BCUT2D eigenvalue weighted by Gasteiger charge is -2.12. The molecule has 4 aromatic heterocycles. The van der Waals surface area contributed by atoms with Gasteiger partial charge in [0.2, 0.25) is 0 Å². The molecule has 0 unspecified atom stereocenters. The molecule has 0 atom stereocenters. The van der Waals surface area contributed by atoms with Crippen molar-refractivity contribution < 1.29 is 8.78 Å². The summed E-state index contributed by atoms with van der Waals surface area (Å²) in [5.41, 5.74) is 5.00. The number of hydrogen-bond donors (Lipinski definition) is 0. The van der Waals surface area contributed by atoms with E-state index in [1.54, 1.807) is 52.7 Å². The van der Waals surface area contributed by atoms with Gasteiger partial charge in [-0.1, -0.05) is 0 Å². The summed E-state index contributed by atoms with van der Waals surface area (Å²) in [7, 11) is 0. The van der Waals surface area contributed by atoms with Crippen LogP contribution in [0.4, 0.5) is 8.78 Å². The lowest BCUT2D eigenvalue weighted by Crippen LogP contribution is -2.25. The SMILES string of the molecule is Cc1cc(F)ccc1-c1nc2cccnc2n(CC2CC2)c1=O.O=c1c(-c2ccc(F)cc2)nc2cccnc2n1CC1CC1. The summed E-state index contributed by atoms with van der Waals surface area (Å²) in [6.45, 7) is 3.13. The first-order chi connectivity index (χ1) is 21.9. The molecule has 0 bridgehead atoms. The normalized spacial score (nSPS) is 14.4. The van der Waals surface area contributed by atoms with Crippen molar-refractivity contribution in [2.45, 2.75) is 45.7 Å². The molecule has 2 fully saturated rings. The molecule has 0 spiro atoms. The van der Waals surface area contributed by atoms with E-state index in [0.717, 1.165) is 25.7 Å². The van der Waals surface area contributed by atoms with Crippen LogP contribution in [0.25, 0.3) is 44.8 Å². The summed E-state index contributed by atoms with van der Waals surface area (Å²) in [6, 6.07) is 17.6. The highest BCUT2D eigenvalue weighted by molar-refractivity contribution is 5.75. The number of fused-ring (bicyclic) bond motifs is 2. The Morgan fingerprint density at radius 2 is 1.20 bits per heavy atom. The summed E-state index contributed by atoms with van der Waals surface area (Å²) in [5, 5.41) is 0. The van der Waals surface area contributed by atoms with Gasteiger partial charge in [0, 0.05) is 36.6 Å². The first kappa shape index (κ1) is 28.6. The van der Waals surface area contributed by atoms with E-state index in [-0.39, 0.29) is 22.8 Å². The second-order valence-corrected chi connectivity index (χ2v) is 11.8. The Morgan fingerprint density at radius 1 is 0.689 bits per heavy atom. The maximum Gasteiger partial charge on any atom is 0.278 e. The fourth-order valence-electron chi connectivity index (χ4n) is 5.47. The van der Waals surface area contributed by atoms with Gasteiger partial charge in [-0.15, -0.1) is 0 Å². The van der Waals surface area contributed by atoms with E-state index in [1.165, 1.54) is 24.3 Å². The van der Waals surface area contributed by atoms with Crippen LogP contribution in [0.5, 0.6) is 0 Å². The molecule has 6 aromatic rings. The molecule has 4 heterocycles. The molecular formula is C35H30F2N6O2. The van der Waals surface area contributed by atoms with Gasteiger partial charge in [-0.2, -0.15) is 0 Å². The van der Waals surface area contributed by atoms with Crippen LogP contribution < -0.4 is 11.1 Å². The first-order valence-corrected chi connectivity index (χ1v) is 15.1. The summed E-state index contributed by atoms with van der Waals surface area (Å²) in [6.07, 6.45) is 7.94. The highest BCUT2D eigenvalue weighted by Crippen LogP contribution is 2.32. The monoisotopic (exact) mass is 604 g/mol. The van der Waals surface area contributed by atoms with Crippen LogP contribution in [0, 0.1) is 30.4 Å². The predicted molar refractivity (Wildman–Crippen MR) is 169 cm³/mol. The fraction of sp³-hybridized carbons (Fsp3) is 0.257. The van der Waals surface area contributed by atoms with Crippen LogP contribution in [0.2, 0.25) is 0 Å². The third-order valence-electron chi connectivity index (χ3n) is 8.24. The van der Waals surface area contributed by atoms with Crippen molar-refractivity contribution in [3.63, 3.8) is 0 Å². The van der Waals surface area contributed by atoms with Crippen LogP contribution in [-0.2, 0) is 13.1 Å². The number of pyridine rings is 2. The van der Waals surface area contributed by atoms with Gasteiger partial charge >= 0.3 is 0 Å². The number of rotatable bonds is 6. The largest absolute Gasteiger partial charge is 0.289 e. The van der Waals surface area contributed by atoms with Crippen LogP contribution in [0.15, 0.2) is 88.7 Å². The van der Waals surface area contributed by atoms with Crippen LogP contribution in [0.3, 0.4) is 0 Å². The number of halogens is 2. The van der Waals surface area contributed by atoms with Crippen LogP contribution in [-0.4, -0.2) is 29.1 Å². The minimum atomic E-state index is -0.329. The molecule has 0 radical (unpaired) electrons. The van der Waals surface area contributed by atoms with Crippen molar-refractivity contribution >= 4 is 22.3 Å². The molecule has 2 aromatic carbocycles. The topological polar surface area (TPSA) is 95.6 Å². The number of hydrogen-bond acceptors (Lipinski definition) is 6. The van der Waals surface area contributed by atoms with Gasteiger partial charge in [-0.25, -0.2) is 28.7 Å². The number of benzene rings is 2. The molecular weight excluding hydrogens is 574 g/mol. The Hall–Kier alpha value is -5.12. The maximum atomic E-state index is 13.4. The summed E-state index contributed by atoms with van der Waals surface area (Å²) in [5.74, 6) is 0.449. The van der Waals surface area contributed by atoms with Gasteiger partial charge in [0.15, 0.2) is 11.3 Å². The first-order valence-electron chi connectivity index (χ1n) is 15.1. The highest BCUT2D eigenvalue weighted by Gasteiger charge is 2.26. The van der Waals surface area contributed by atoms with E-state index in [1.807, 2.05) is 18.2 Å². The zero-order valence-corrected chi connectivity index (χ0v) is 24.7. The zero-order chi connectivity index (χ0) is 31.1. The van der Waals surface area contributed by atoms with E-state index in [9.17, 15) is 18.4 Å². The molecule has 8 nitrogen and oxygen atoms in total. The van der Waals surface area contributed by atoms with E-state index in [0.29, 0.717) is 75.3 Å². The standard InChI is InChI=1S/C18H16FN3O.C17H14FN3O/c1-11-9-13(19)6-7-14(11)16-18(23)22(10-12-4-5-12)17-15(21-16)3-2-8-20-17;18-13-7-5-12(6-8-13)15-17(22)21(10-11-3-4-11)16-14(20-15)2-1-9-19-16/h2-3,6-9,12H,4-5,10H2,1H3;1-2,5-9,11H,3-4,10H2. The highest BCUT2D eigenvalue weighted by atomic mass is 19.1. The Balaban J connectivity index is 0.000000145. The van der Waals surface area contributed by atoms with Crippen molar-refractivity contribution in [3.8, 4) is 22.5 Å². The Bertz CT molecular complexity index is 2170. The predicted octanol–water partition coefficient (Wildman–Crippen LogP) is 6.32. The molecule has 0 aliphatic heterocycles. The molecule has 226 valence electrons. The van der Waals surface area contributed by atoms with Crippen molar-refractivity contribution in [1.29, 1.82) is 0 Å². The smallest absolute Gasteiger partial charge is 0.278 e. The molecule has 10 heteroatoms. The van der Waals surface area contributed by atoms with Gasteiger partial charge in [-0.05, 0) is 117 Å². The minimum absolute atomic E-state index is 0.155. The Labute approximate surface area is 257 Å². The second kappa shape index (κ2) is 11.8. The third-order valence-corrected chi connectivity index (χ3v) is 8.24. The van der Waals surface area contributed by atoms with Crippen molar-refractivity contribution in [3.05, 3.63) is 117 Å². The molecule has 8 rings (SSSR count). The Morgan fingerprint density at radius 3 is 1.73 bits per heavy atom. The molecule has 0 amide bonds. The zero-order valence-electron chi connectivity index (χ0n) is 24.7. The van der Waals surface area contributed by atoms with E-state index >= 15 is 0 Å². The third kappa shape index (κ3) is 6.00. The van der Waals surface area contributed by atoms with Gasteiger partial charge in [0.25, 0.3) is 11.1 Å². The quantitative estimate of drug-likeness (QED) is 0.221. The van der Waals surface area contributed by atoms with Gasteiger partial charge < -0.3 is 0 Å². The van der Waals surface area contributed by atoms with E-state index < -0.39 is 0 Å². The van der Waals surface area contributed by atoms with Gasteiger partial charge in [0.1, 0.15) is 34.1 Å². The number of nitrogens with zero attached hydrogens (tertiary/aromatic N) is 6. The lowest BCUT2D eigenvalue weighted by atomic mass is 10.1. The average molecular weight is 605 g/mol. The molecule has 0 N–H and O–H groups in total. The minimum Gasteiger partial charge on any atom is -0.289 e. The molecule has 2 aliphatic rings. The number of aryl methyl sites for hydroxylation is 1. The summed E-state index contributed by atoms with van der Waals surface area (Å²) >= 11 is 0.